The van der Waals surface area contributed by atoms with Crippen molar-refractivity contribution in [1.82, 2.24) is 29.9 Å². The molecule has 0 saturated heterocycles. The van der Waals surface area contributed by atoms with Crippen molar-refractivity contribution in [3.05, 3.63) is 144 Å². The summed E-state index contributed by atoms with van der Waals surface area (Å²) in [4.78, 5) is 34.4. The molecular weight excluding hydrogens is 592 g/mol. The fraction of sp³-hybridized carbons (Fsp3) is 0.100. The molecule has 232 valence electrons. The number of hydrogen-bond donors (Lipinski definition) is 0. The van der Waals surface area contributed by atoms with E-state index in [1.165, 1.54) is 0 Å². The molecule has 8 rings (SSSR count). The molecular formula is C40H32N8. The first kappa shape index (κ1) is 29.1. The maximum Gasteiger partial charge on any atom is 0.156 e. The lowest BCUT2D eigenvalue weighted by Crippen LogP contribution is -2.15. The van der Waals surface area contributed by atoms with Gasteiger partial charge in [-0.2, -0.15) is 0 Å². The van der Waals surface area contributed by atoms with Gasteiger partial charge in [-0.25, -0.2) is 19.9 Å². The van der Waals surface area contributed by atoms with Gasteiger partial charge in [0, 0.05) is 12.4 Å². The Morgan fingerprint density at radius 2 is 0.646 bits per heavy atom. The summed E-state index contributed by atoms with van der Waals surface area (Å²) in [7, 11) is 0. The van der Waals surface area contributed by atoms with Gasteiger partial charge in [-0.3, -0.25) is 19.8 Å². The summed E-state index contributed by atoms with van der Waals surface area (Å²) in [5.41, 5.74) is 12.3. The smallest absolute Gasteiger partial charge is 0.156 e. The van der Waals surface area contributed by atoms with E-state index in [0.29, 0.717) is 44.7 Å². The summed E-state index contributed by atoms with van der Waals surface area (Å²) in [5, 5.41) is 0. The van der Waals surface area contributed by atoms with E-state index in [4.69, 9.17) is 29.9 Å². The summed E-state index contributed by atoms with van der Waals surface area (Å²) in [5.74, 6) is 1.34. The van der Waals surface area contributed by atoms with E-state index in [0.717, 1.165) is 45.0 Å². The molecule has 0 unspecified atom stereocenters. The molecule has 0 saturated carbocycles. The van der Waals surface area contributed by atoms with Crippen LogP contribution in [0.15, 0.2) is 122 Å². The van der Waals surface area contributed by atoms with Crippen molar-refractivity contribution in [1.29, 1.82) is 0 Å². The van der Waals surface area contributed by atoms with E-state index in [-0.39, 0.29) is 0 Å². The van der Waals surface area contributed by atoms with Crippen LogP contribution in [0.3, 0.4) is 0 Å². The molecule has 0 aliphatic heterocycles. The molecule has 0 spiro atoms. The van der Waals surface area contributed by atoms with Gasteiger partial charge in [-0.1, -0.05) is 72.8 Å². The summed E-state index contributed by atoms with van der Waals surface area (Å²) >= 11 is 0. The lowest BCUT2D eigenvalue weighted by molar-refractivity contribution is 1.13. The van der Waals surface area contributed by atoms with Gasteiger partial charge >= 0.3 is 0 Å². The van der Waals surface area contributed by atoms with Crippen LogP contribution < -0.4 is 9.80 Å². The highest BCUT2D eigenvalue weighted by atomic mass is 15.2. The molecule has 8 heteroatoms. The van der Waals surface area contributed by atoms with Crippen molar-refractivity contribution in [2.45, 2.75) is 27.7 Å². The minimum absolute atomic E-state index is 0.611. The second kappa shape index (κ2) is 11.8. The zero-order valence-electron chi connectivity index (χ0n) is 27.1. The summed E-state index contributed by atoms with van der Waals surface area (Å²) < 4.78 is 0. The second-order valence-electron chi connectivity index (χ2n) is 11.9. The Hall–Kier alpha value is -6.28. The van der Waals surface area contributed by atoms with Crippen molar-refractivity contribution in [2.24, 2.45) is 0 Å². The Bertz CT molecular complexity index is 2270. The van der Waals surface area contributed by atoms with Crippen LogP contribution in [-0.2, 0) is 0 Å². The van der Waals surface area contributed by atoms with Gasteiger partial charge in [-0.15, -0.1) is 0 Å². The van der Waals surface area contributed by atoms with Gasteiger partial charge < -0.3 is 0 Å². The zero-order chi connectivity index (χ0) is 32.8. The first-order chi connectivity index (χ1) is 23.5. The normalized spacial score (nSPS) is 11.3. The van der Waals surface area contributed by atoms with E-state index >= 15 is 0 Å². The van der Waals surface area contributed by atoms with Crippen molar-refractivity contribution in [3.63, 3.8) is 0 Å². The summed E-state index contributed by atoms with van der Waals surface area (Å²) in [6, 6.07) is 33.2. The standard InChI is InChI=1S/C40H32N8/c1-25-13-5-9-17-29(25)47(30-18-10-6-14-26(30)2)33-23-43-37-35-36(42-22-21-41-35)39-38(40(37)46-33)44-24-34(45-39)48(31-19-11-7-15-27(31)3)32-20-12-8-16-28(32)4/h5-24H,1-4H3. The van der Waals surface area contributed by atoms with Crippen LogP contribution in [0, 0.1) is 27.7 Å². The monoisotopic (exact) mass is 624 g/mol. The van der Waals surface area contributed by atoms with Crippen LogP contribution in [0.5, 0.6) is 0 Å². The number of rotatable bonds is 6. The number of hydrogen-bond acceptors (Lipinski definition) is 8. The minimum Gasteiger partial charge on any atom is -0.293 e. The van der Waals surface area contributed by atoms with Gasteiger partial charge in [0.1, 0.15) is 33.1 Å². The number of anilines is 6. The molecule has 0 radical (unpaired) electrons. The third-order valence-electron chi connectivity index (χ3n) is 8.77. The summed E-state index contributed by atoms with van der Waals surface area (Å²) in [6.45, 7) is 8.43. The van der Waals surface area contributed by atoms with E-state index in [2.05, 4.69) is 86.0 Å². The lowest BCUT2D eigenvalue weighted by Gasteiger charge is -2.28. The predicted octanol–water partition coefficient (Wildman–Crippen LogP) is 9.69. The molecule has 0 fully saturated rings. The third kappa shape index (κ3) is 4.86. The van der Waals surface area contributed by atoms with Gasteiger partial charge in [0.2, 0.25) is 0 Å². The average Bonchev–Trinajstić information content (AvgIpc) is 3.12. The Kier molecular flexibility index (Phi) is 7.18. The third-order valence-corrected chi connectivity index (χ3v) is 8.77. The molecule has 0 aliphatic carbocycles. The van der Waals surface area contributed by atoms with Crippen LogP contribution in [0.4, 0.5) is 34.4 Å². The van der Waals surface area contributed by atoms with Crippen LogP contribution >= 0.6 is 0 Å². The minimum atomic E-state index is 0.611. The molecule has 48 heavy (non-hydrogen) atoms. The maximum absolute atomic E-state index is 5.29. The Morgan fingerprint density at radius 1 is 0.354 bits per heavy atom. The molecule has 5 aromatic carbocycles. The number of fused-ring (bicyclic) bond motifs is 6. The fourth-order valence-electron chi connectivity index (χ4n) is 6.35. The van der Waals surface area contributed by atoms with Crippen LogP contribution in [0.1, 0.15) is 22.3 Å². The number of aromatic nitrogens is 6. The zero-order valence-corrected chi connectivity index (χ0v) is 27.1. The quantitative estimate of drug-likeness (QED) is 0.169. The highest BCUT2D eigenvalue weighted by Gasteiger charge is 2.23. The van der Waals surface area contributed by atoms with Crippen LogP contribution in [0.25, 0.3) is 33.1 Å². The SMILES string of the molecule is Cc1ccccc1N(c1cnc2c3nccnc3c3nc(N(c4ccccc4C)c4ccccc4C)cnc3c2n1)c1ccccc1C. The number of aryl methyl sites for hydroxylation is 4. The highest BCUT2D eigenvalue weighted by Crippen LogP contribution is 2.41. The molecule has 8 nitrogen and oxygen atoms in total. The number of benzene rings is 5. The van der Waals surface area contributed by atoms with Crippen molar-refractivity contribution < 1.29 is 0 Å². The van der Waals surface area contributed by atoms with E-state index in [9.17, 15) is 0 Å². The van der Waals surface area contributed by atoms with E-state index in [1.807, 2.05) is 54.7 Å². The van der Waals surface area contributed by atoms with Crippen molar-refractivity contribution >= 4 is 67.5 Å². The first-order valence-corrected chi connectivity index (χ1v) is 15.9. The van der Waals surface area contributed by atoms with Gasteiger partial charge in [0.25, 0.3) is 0 Å². The van der Waals surface area contributed by atoms with Gasteiger partial charge in [-0.05, 0) is 74.2 Å². The molecule has 0 aliphatic rings. The van der Waals surface area contributed by atoms with Gasteiger partial charge in [0.05, 0.1) is 35.1 Å². The number of nitrogens with zero attached hydrogens (tertiary/aromatic N) is 8. The largest absolute Gasteiger partial charge is 0.293 e. The molecule has 0 amide bonds. The van der Waals surface area contributed by atoms with Gasteiger partial charge in [0.15, 0.2) is 11.6 Å². The highest BCUT2D eigenvalue weighted by molar-refractivity contribution is 6.18. The van der Waals surface area contributed by atoms with Crippen molar-refractivity contribution in [3.8, 4) is 0 Å². The lowest BCUT2D eigenvalue weighted by atomic mass is 10.1. The molecule has 0 atom stereocenters. The second-order valence-corrected chi connectivity index (χ2v) is 11.9. The average molecular weight is 625 g/mol. The van der Waals surface area contributed by atoms with Crippen LogP contribution in [0.2, 0.25) is 0 Å². The predicted molar refractivity (Wildman–Crippen MR) is 194 cm³/mol. The number of para-hydroxylation sites is 4. The fourth-order valence-corrected chi connectivity index (χ4v) is 6.35. The van der Waals surface area contributed by atoms with E-state index in [1.54, 1.807) is 18.6 Å². The van der Waals surface area contributed by atoms with Crippen molar-refractivity contribution in [2.75, 3.05) is 9.80 Å². The topological polar surface area (TPSA) is 83.8 Å². The maximum atomic E-state index is 5.29. The Morgan fingerprint density at radius 3 is 1.00 bits per heavy atom. The first-order valence-electron chi connectivity index (χ1n) is 15.9. The molecule has 3 aromatic heterocycles. The van der Waals surface area contributed by atoms with Crippen LogP contribution in [-0.4, -0.2) is 29.9 Å². The Labute approximate surface area is 278 Å². The van der Waals surface area contributed by atoms with E-state index < -0.39 is 0 Å². The molecule has 8 aromatic rings. The molecule has 0 N–H and O–H groups in total. The molecule has 3 heterocycles. The summed E-state index contributed by atoms with van der Waals surface area (Å²) in [6.07, 6.45) is 6.99. The molecule has 0 bridgehead atoms. The Balaban J connectivity index is 1.41.